The van der Waals surface area contributed by atoms with Crippen molar-refractivity contribution in [3.8, 4) is 5.75 Å². The SMILES string of the molecule is O=c1[nH]c(C[NH+]2CCN(c3ccccc3O)CC2)nc2ccccc12. The maximum Gasteiger partial charge on any atom is 0.258 e. The maximum absolute atomic E-state index is 12.2. The number of piperazine rings is 1. The minimum Gasteiger partial charge on any atom is -0.506 e. The number of benzene rings is 2. The van der Waals surface area contributed by atoms with Gasteiger partial charge in [0.05, 0.1) is 42.8 Å². The lowest BCUT2D eigenvalue weighted by atomic mass is 10.2. The van der Waals surface area contributed by atoms with Crippen molar-refractivity contribution in [1.82, 2.24) is 9.97 Å². The van der Waals surface area contributed by atoms with E-state index in [1.807, 2.05) is 36.4 Å². The highest BCUT2D eigenvalue weighted by Crippen LogP contribution is 2.25. The fraction of sp³-hybridized carbons (Fsp3) is 0.263. The van der Waals surface area contributed by atoms with Crippen LogP contribution in [0.4, 0.5) is 5.69 Å². The molecule has 6 heteroatoms. The molecule has 0 radical (unpaired) electrons. The molecule has 0 atom stereocenters. The number of para-hydroxylation sites is 3. The molecule has 2 aromatic carbocycles. The van der Waals surface area contributed by atoms with E-state index >= 15 is 0 Å². The molecule has 3 aromatic rings. The monoisotopic (exact) mass is 337 g/mol. The summed E-state index contributed by atoms with van der Waals surface area (Å²) in [4.78, 5) is 23.3. The quantitative estimate of drug-likeness (QED) is 0.652. The van der Waals surface area contributed by atoms with Crippen LogP contribution in [0.5, 0.6) is 5.75 Å². The fourth-order valence-electron chi connectivity index (χ4n) is 3.43. The van der Waals surface area contributed by atoms with E-state index in [2.05, 4.69) is 14.9 Å². The van der Waals surface area contributed by atoms with Crippen LogP contribution < -0.4 is 15.4 Å². The molecule has 6 nitrogen and oxygen atoms in total. The van der Waals surface area contributed by atoms with Gasteiger partial charge in [0.15, 0.2) is 5.82 Å². The molecule has 2 heterocycles. The second-order valence-electron chi connectivity index (χ2n) is 6.43. The number of fused-ring (bicyclic) bond motifs is 1. The van der Waals surface area contributed by atoms with E-state index in [0.717, 1.165) is 43.2 Å². The van der Waals surface area contributed by atoms with Crippen molar-refractivity contribution >= 4 is 16.6 Å². The normalized spacial score (nSPS) is 15.6. The van der Waals surface area contributed by atoms with E-state index < -0.39 is 0 Å². The van der Waals surface area contributed by atoms with E-state index in [-0.39, 0.29) is 5.56 Å². The Bertz CT molecular complexity index is 945. The Balaban J connectivity index is 1.45. The number of aromatic nitrogens is 2. The number of nitrogens with one attached hydrogen (secondary N) is 2. The molecule has 0 saturated carbocycles. The number of aromatic hydroxyl groups is 1. The summed E-state index contributed by atoms with van der Waals surface area (Å²) < 4.78 is 0. The number of anilines is 1. The van der Waals surface area contributed by atoms with Crippen molar-refractivity contribution in [1.29, 1.82) is 0 Å². The highest BCUT2D eigenvalue weighted by Gasteiger charge is 2.22. The van der Waals surface area contributed by atoms with Crippen LogP contribution in [0.3, 0.4) is 0 Å². The molecule has 1 aliphatic heterocycles. The number of aromatic amines is 1. The Labute approximate surface area is 145 Å². The van der Waals surface area contributed by atoms with Crippen LogP contribution in [-0.4, -0.2) is 41.3 Å². The minimum atomic E-state index is -0.0761. The van der Waals surface area contributed by atoms with Crippen molar-refractivity contribution in [2.24, 2.45) is 0 Å². The van der Waals surface area contributed by atoms with Gasteiger partial charge in [-0.1, -0.05) is 24.3 Å². The van der Waals surface area contributed by atoms with Gasteiger partial charge in [-0.15, -0.1) is 0 Å². The van der Waals surface area contributed by atoms with Gasteiger partial charge in [-0.25, -0.2) is 4.98 Å². The number of quaternary nitrogens is 1. The zero-order valence-corrected chi connectivity index (χ0v) is 13.9. The molecule has 0 unspecified atom stereocenters. The Morgan fingerprint density at radius 2 is 1.80 bits per heavy atom. The van der Waals surface area contributed by atoms with Gasteiger partial charge in [0, 0.05) is 0 Å². The van der Waals surface area contributed by atoms with Crippen molar-refractivity contribution in [3.05, 3.63) is 64.7 Å². The molecule has 0 spiro atoms. The lowest BCUT2D eigenvalue weighted by Crippen LogP contribution is -3.13. The highest BCUT2D eigenvalue weighted by atomic mass is 16.3. The van der Waals surface area contributed by atoms with E-state index in [1.54, 1.807) is 12.1 Å². The van der Waals surface area contributed by atoms with E-state index in [0.29, 0.717) is 17.7 Å². The summed E-state index contributed by atoms with van der Waals surface area (Å²) in [5, 5.41) is 10.6. The second kappa shape index (κ2) is 6.57. The van der Waals surface area contributed by atoms with Gasteiger partial charge >= 0.3 is 0 Å². The number of rotatable bonds is 3. The van der Waals surface area contributed by atoms with Crippen LogP contribution in [0.1, 0.15) is 5.82 Å². The van der Waals surface area contributed by atoms with E-state index in [9.17, 15) is 9.90 Å². The third-order valence-corrected chi connectivity index (χ3v) is 4.77. The Hall–Kier alpha value is -2.86. The molecule has 4 rings (SSSR count). The minimum absolute atomic E-state index is 0.0761. The van der Waals surface area contributed by atoms with Gasteiger partial charge in [-0.2, -0.15) is 0 Å². The van der Waals surface area contributed by atoms with Crippen LogP contribution in [0, 0.1) is 0 Å². The number of phenols is 1. The summed E-state index contributed by atoms with van der Waals surface area (Å²) in [7, 11) is 0. The van der Waals surface area contributed by atoms with E-state index in [4.69, 9.17) is 0 Å². The summed E-state index contributed by atoms with van der Waals surface area (Å²) in [5.74, 6) is 1.06. The summed E-state index contributed by atoms with van der Waals surface area (Å²) in [6.07, 6.45) is 0. The van der Waals surface area contributed by atoms with E-state index in [1.165, 1.54) is 4.90 Å². The zero-order valence-electron chi connectivity index (χ0n) is 13.9. The first-order chi connectivity index (χ1) is 12.2. The lowest BCUT2D eigenvalue weighted by molar-refractivity contribution is -0.915. The summed E-state index contributed by atoms with van der Waals surface area (Å²) in [6, 6.07) is 14.9. The molecular weight excluding hydrogens is 316 g/mol. The van der Waals surface area contributed by atoms with Crippen molar-refractivity contribution < 1.29 is 10.0 Å². The van der Waals surface area contributed by atoms with Gasteiger partial charge in [0.1, 0.15) is 12.3 Å². The molecule has 0 amide bonds. The Kier molecular flexibility index (Phi) is 4.11. The van der Waals surface area contributed by atoms with Crippen LogP contribution in [0.25, 0.3) is 10.9 Å². The standard InChI is InChI=1S/C19H20N4O2/c24-17-8-4-3-7-16(17)23-11-9-22(10-12-23)13-18-20-15-6-2-1-5-14(15)19(25)21-18/h1-8,24H,9-13H2,(H,20,21,25)/p+1. The molecular formula is C19H21N4O2+. The number of hydrogen-bond donors (Lipinski definition) is 3. The second-order valence-corrected chi connectivity index (χ2v) is 6.43. The fourth-order valence-corrected chi connectivity index (χ4v) is 3.43. The predicted molar refractivity (Wildman–Crippen MR) is 97.1 cm³/mol. The number of hydrogen-bond acceptors (Lipinski definition) is 4. The first kappa shape index (κ1) is 15.7. The molecule has 128 valence electrons. The van der Waals surface area contributed by atoms with Crippen molar-refractivity contribution in [3.63, 3.8) is 0 Å². The summed E-state index contributed by atoms with van der Waals surface area (Å²) >= 11 is 0. The summed E-state index contributed by atoms with van der Waals surface area (Å²) in [5.41, 5.74) is 1.56. The largest absolute Gasteiger partial charge is 0.506 e. The lowest BCUT2D eigenvalue weighted by Gasteiger charge is -2.33. The first-order valence-electron chi connectivity index (χ1n) is 8.55. The van der Waals surface area contributed by atoms with Crippen molar-refractivity contribution in [2.45, 2.75) is 6.54 Å². The van der Waals surface area contributed by atoms with Gasteiger partial charge in [0.2, 0.25) is 0 Å². The average molecular weight is 337 g/mol. The molecule has 1 aliphatic rings. The topological polar surface area (TPSA) is 73.7 Å². The predicted octanol–water partition coefficient (Wildman–Crippen LogP) is 0.534. The van der Waals surface area contributed by atoms with Crippen LogP contribution in [-0.2, 0) is 6.54 Å². The molecule has 0 bridgehead atoms. The van der Waals surface area contributed by atoms with Crippen molar-refractivity contribution in [2.75, 3.05) is 31.1 Å². The third-order valence-electron chi connectivity index (χ3n) is 4.77. The molecule has 1 fully saturated rings. The first-order valence-corrected chi connectivity index (χ1v) is 8.55. The average Bonchev–Trinajstić information content (AvgIpc) is 2.63. The molecule has 3 N–H and O–H groups in total. The maximum atomic E-state index is 12.2. The highest BCUT2D eigenvalue weighted by molar-refractivity contribution is 5.77. The molecule has 25 heavy (non-hydrogen) atoms. The third kappa shape index (κ3) is 3.21. The number of phenolic OH excluding ortho intramolecular Hbond substituents is 1. The smallest absolute Gasteiger partial charge is 0.258 e. The van der Waals surface area contributed by atoms with Gasteiger partial charge in [-0.05, 0) is 24.3 Å². The molecule has 1 aromatic heterocycles. The number of nitrogens with zero attached hydrogens (tertiary/aromatic N) is 2. The summed E-state index contributed by atoms with van der Waals surface area (Å²) in [6.45, 7) is 4.31. The molecule has 0 aliphatic carbocycles. The van der Waals surface area contributed by atoms with Gasteiger partial charge < -0.3 is 19.9 Å². The number of H-pyrrole nitrogens is 1. The van der Waals surface area contributed by atoms with Gasteiger partial charge in [-0.3, -0.25) is 4.79 Å². The zero-order chi connectivity index (χ0) is 17.2. The molecule has 1 saturated heterocycles. The Morgan fingerprint density at radius 1 is 1.08 bits per heavy atom. The van der Waals surface area contributed by atoms with Gasteiger partial charge in [0.25, 0.3) is 5.56 Å². The van der Waals surface area contributed by atoms with Crippen LogP contribution in [0.15, 0.2) is 53.3 Å². The Morgan fingerprint density at radius 3 is 2.60 bits per heavy atom. The van der Waals surface area contributed by atoms with Crippen LogP contribution >= 0.6 is 0 Å². The van der Waals surface area contributed by atoms with Crippen LogP contribution in [0.2, 0.25) is 0 Å².